The Hall–Kier alpha value is -3.02. The summed E-state index contributed by atoms with van der Waals surface area (Å²) in [6.45, 7) is 0. The van der Waals surface area contributed by atoms with Crippen LogP contribution in [0.5, 0.6) is 0 Å². The molecule has 6 nitrogen and oxygen atoms in total. The Bertz CT molecular complexity index is 741. The third kappa shape index (κ3) is 2.51. The number of para-hydroxylation sites is 1. The predicted molar refractivity (Wildman–Crippen MR) is 78.2 cm³/mol. The highest BCUT2D eigenvalue weighted by molar-refractivity contribution is 6.19. The average Bonchev–Trinajstić information content (AvgIpc) is 2.90. The Morgan fingerprint density at radius 2 is 1.86 bits per heavy atom. The van der Waals surface area contributed by atoms with Gasteiger partial charge in [-0.25, -0.2) is 5.01 Å². The van der Waals surface area contributed by atoms with Gasteiger partial charge in [0, 0.05) is 17.7 Å². The minimum atomic E-state index is -0.463. The fourth-order valence-corrected chi connectivity index (χ4v) is 2.16. The fourth-order valence-electron chi connectivity index (χ4n) is 2.16. The maximum atomic E-state index is 12.1. The summed E-state index contributed by atoms with van der Waals surface area (Å²) in [7, 11) is 0. The number of carbonyl (C=O) groups is 1. The number of anilines is 1. The Morgan fingerprint density at radius 3 is 2.57 bits per heavy atom. The van der Waals surface area contributed by atoms with E-state index in [1.807, 2.05) is 18.2 Å². The van der Waals surface area contributed by atoms with Crippen molar-refractivity contribution < 1.29 is 9.72 Å². The first-order chi connectivity index (χ1) is 10.1. The van der Waals surface area contributed by atoms with Gasteiger partial charge in [-0.3, -0.25) is 14.9 Å². The number of nitro benzene ring substituents is 1. The van der Waals surface area contributed by atoms with Crippen LogP contribution in [0.1, 0.15) is 12.0 Å². The van der Waals surface area contributed by atoms with Gasteiger partial charge in [-0.2, -0.15) is 5.10 Å². The number of non-ortho nitro benzene ring substituents is 1. The molecule has 1 heterocycles. The van der Waals surface area contributed by atoms with Crippen molar-refractivity contribution in [2.45, 2.75) is 6.42 Å². The second-order valence-electron chi connectivity index (χ2n) is 4.57. The minimum Gasteiger partial charge on any atom is -0.272 e. The summed E-state index contributed by atoms with van der Waals surface area (Å²) in [5, 5.41) is 16.4. The number of benzene rings is 2. The van der Waals surface area contributed by atoms with Gasteiger partial charge in [-0.1, -0.05) is 30.3 Å². The van der Waals surface area contributed by atoms with Gasteiger partial charge in [0.15, 0.2) is 0 Å². The van der Waals surface area contributed by atoms with E-state index in [0.717, 1.165) is 0 Å². The zero-order chi connectivity index (χ0) is 14.8. The number of hydrogen-bond donors (Lipinski definition) is 0. The lowest BCUT2D eigenvalue weighted by Gasteiger charge is -2.10. The van der Waals surface area contributed by atoms with Crippen LogP contribution in [0.25, 0.3) is 0 Å². The van der Waals surface area contributed by atoms with E-state index in [1.165, 1.54) is 17.1 Å². The van der Waals surface area contributed by atoms with E-state index in [9.17, 15) is 14.9 Å². The largest absolute Gasteiger partial charge is 0.272 e. The van der Waals surface area contributed by atoms with Crippen LogP contribution in [0.4, 0.5) is 11.4 Å². The van der Waals surface area contributed by atoms with Gasteiger partial charge < -0.3 is 0 Å². The van der Waals surface area contributed by atoms with E-state index >= 15 is 0 Å². The summed E-state index contributed by atoms with van der Waals surface area (Å²) >= 11 is 0. The van der Waals surface area contributed by atoms with E-state index in [1.54, 1.807) is 24.3 Å². The molecule has 2 aromatic rings. The Morgan fingerprint density at radius 1 is 1.10 bits per heavy atom. The highest BCUT2D eigenvalue weighted by atomic mass is 16.6. The molecule has 1 aliphatic rings. The van der Waals surface area contributed by atoms with Crippen molar-refractivity contribution in [3.63, 3.8) is 0 Å². The molecule has 0 radical (unpaired) electrons. The van der Waals surface area contributed by atoms with E-state index in [0.29, 0.717) is 17.0 Å². The molecule has 0 spiro atoms. The fraction of sp³-hybridized carbons (Fsp3) is 0.0667. The summed E-state index contributed by atoms with van der Waals surface area (Å²) in [6.07, 6.45) is 0.135. The van der Waals surface area contributed by atoms with Crippen molar-refractivity contribution in [3.05, 3.63) is 70.3 Å². The Kier molecular flexibility index (Phi) is 3.19. The van der Waals surface area contributed by atoms with Crippen LogP contribution in [-0.4, -0.2) is 16.5 Å². The average molecular weight is 281 g/mol. The topological polar surface area (TPSA) is 75.8 Å². The van der Waals surface area contributed by atoms with Crippen LogP contribution < -0.4 is 5.01 Å². The predicted octanol–water partition coefficient (Wildman–Crippen LogP) is 2.74. The summed E-state index contributed by atoms with van der Waals surface area (Å²) in [5.41, 5.74) is 1.80. The number of rotatable bonds is 3. The van der Waals surface area contributed by atoms with Gasteiger partial charge in [0.1, 0.15) is 0 Å². The van der Waals surface area contributed by atoms with Crippen LogP contribution in [0, 0.1) is 10.1 Å². The van der Waals surface area contributed by atoms with E-state index in [-0.39, 0.29) is 18.0 Å². The molecule has 3 rings (SSSR count). The molecule has 21 heavy (non-hydrogen) atoms. The molecule has 0 N–H and O–H groups in total. The second-order valence-corrected chi connectivity index (χ2v) is 4.57. The van der Waals surface area contributed by atoms with E-state index in [2.05, 4.69) is 5.10 Å². The number of nitro groups is 1. The molecule has 0 fully saturated rings. The first-order valence-corrected chi connectivity index (χ1v) is 6.35. The zero-order valence-corrected chi connectivity index (χ0v) is 11.0. The second kappa shape index (κ2) is 5.16. The number of nitrogens with zero attached hydrogens (tertiary/aromatic N) is 3. The molecule has 0 bridgehead atoms. The number of amides is 1. The van der Waals surface area contributed by atoms with Crippen molar-refractivity contribution in [2.75, 3.05) is 5.01 Å². The van der Waals surface area contributed by atoms with Crippen LogP contribution in [0.15, 0.2) is 59.7 Å². The summed E-state index contributed by atoms with van der Waals surface area (Å²) in [6, 6.07) is 15.2. The molecule has 6 heteroatoms. The maximum absolute atomic E-state index is 12.1. The number of carbonyl (C=O) groups excluding carboxylic acids is 1. The van der Waals surface area contributed by atoms with Crippen molar-refractivity contribution in [1.82, 2.24) is 0 Å². The summed E-state index contributed by atoms with van der Waals surface area (Å²) in [5.74, 6) is -0.150. The van der Waals surface area contributed by atoms with Crippen molar-refractivity contribution in [1.29, 1.82) is 0 Å². The zero-order valence-electron chi connectivity index (χ0n) is 11.0. The van der Waals surface area contributed by atoms with Gasteiger partial charge in [-0.05, 0) is 12.1 Å². The monoisotopic (exact) mass is 281 g/mol. The first kappa shape index (κ1) is 13.0. The van der Waals surface area contributed by atoms with Crippen LogP contribution in [-0.2, 0) is 4.79 Å². The molecule has 1 aliphatic heterocycles. The number of hydrogen-bond acceptors (Lipinski definition) is 4. The van der Waals surface area contributed by atoms with Crippen LogP contribution >= 0.6 is 0 Å². The van der Waals surface area contributed by atoms with Crippen molar-refractivity contribution in [3.8, 4) is 0 Å². The molecule has 104 valence electrons. The van der Waals surface area contributed by atoms with Crippen LogP contribution in [0.2, 0.25) is 0 Å². The highest BCUT2D eigenvalue weighted by Crippen LogP contribution is 2.23. The molecular formula is C15H11N3O3. The third-order valence-electron chi connectivity index (χ3n) is 3.17. The summed E-state index contributed by atoms with van der Waals surface area (Å²) < 4.78 is 0. The smallest absolute Gasteiger partial charge is 0.270 e. The molecule has 0 saturated heterocycles. The molecule has 0 atom stereocenters. The quantitative estimate of drug-likeness (QED) is 0.641. The molecule has 0 saturated carbocycles. The standard InChI is InChI=1S/C15H11N3O3/c19-15-10-14(11-5-4-8-13(9-11)18(20)21)16-17(15)12-6-2-1-3-7-12/h1-9H,10H2. The van der Waals surface area contributed by atoms with Crippen molar-refractivity contribution >= 4 is 23.0 Å². The van der Waals surface area contributed by atoms with Crippen LogP contribution in [0.3, 0.4) is 0 Å². The van der Waals surface area contributed by atoms with Gasteiger partial charge in [0.2, 0.25) is 0 Å². The lowest BCUT2D eigenvalue weighted by molar-refractivity contribution is -0.384. The van der Waals surface area contributed by atoms with Gasteiger partial charge >= 0.3 is 0 Å². The molecule has 0 unspecified atom stereocenters. The number of hydrazone groups is 1. The van der Waals surface area contributed by atoms with E-state index in [4.69, 9.17) is 0 Å². The summed E-state index contributed by atoms with van der Waals surface area (Å²) in [4.78, 5) is 22.4. The normalized spacial score (nSPS) is 14.2. The van der Waals surface area contributed by atoms with Crippen molar-refractivity contribution in [2.24, 2.45) is 5.10 Å². The third-order valence-corrected chi connectivity index (χ3v) is 3.17. The molecular weight excluding hydrogens is 270 g/mol. The van der Waals surface area contributed by atoms with E-state index < -0.39 is 4.92 Å². The first-order valence-electron chi connectivity index (χ1n) is 6.35. The van der Waals surface area contributed by atoms with Gasteiger partial charge in [0.25, 0.3) is 11.6 Å². The SMILES string of the molecule is O=C1CC(c2cccc([N+](=O)[O-])c2)=NN1c1ccccc1. The Labute approximate surface area is 120 Å². The van der Waals surface area contributed by atoms with Gasteiger partial charge in [-0.15, -0.1) is 0 Å². The molecule has 0 aliphatic carbocycles. The van der Waals surface area contributed by atoms with Gasteiger partial charge in [0.05, 0.1) is 22.7 Å². The molecule has 1 amide bonds. The molecule has 0 aromatic heterocycles. The lowest BCUT2D eigenvalue weighted by Crippen LogP contribution is -2.19. The molecule has 2 aromatic carbocycles. The highest BCUT2D eigenvalue weighted by Gasteiger charge is 2.26. The lowest BCUT2D eigenvalue weighted by atomic mass is 10.1. The minimum absolute atomic E-state index is 0.0131. The Balaban J connectivity index is 1.95. The maximum Gasteiger partial charge on any atom is 0.270 e.